The summed E-state index contributed by atoms with van der Waals surface area (Å²) in [7, 11) is 0. The SMILES string of the molecule is Cc1ccccc1C1CN(C(C)C)C(=O)N1. The number of carbonyl (C=O) groups is 1. The van der Waals surface area contributed by atoms with Gasteiger partial charge in [0.15, 0.2) is 0 Å². The summed E-state index contributed by atoms with van der Waals surface area (Å²) in [6.45, 7) is 6.93. The zero-order valence-electron chi connectivity index (χ0n) is 10.0. The van der Waals surface area contributed by atoms with Crippen LogP contribution >= 0.6 is 0 Å². The first-order valence-corrected chi connectivity index (χ1v) is 5.72. The van der Waals surface area contributed by atoms with Gasteiger partial charge in [0.1, 0.15) is 0 Å². The molecule has 1 aliphatic rings. The summed E-state index contributed by atoms with van der Waals surface area (Å²) >= 11 is 0. The largest absolute Gasteiger partial charge is 0.329 e. The molecule has 1 aromatic rings. The minimum atomic E-state index is 0.0447. The number of carbonyl (C=O) groups excluding carboxylic acids is 1. The molecular formula is C13H18N2O. The Hall–Kier alpha value is -1.51. The highest BCUT2D eigenvalue weighted by atomic mass is 16.2. The monoisotopic (exact) mass is 218 g/mol. The Morgan fingerprint density at radius 3 is 2.62 bits per heavy atom. The highest BCUT2D eigenvalue weighted by Gasteiger charge is 2.31. The normalized spacial score (nSPS) is 20.4. The first-order chi connectivity index (χ1) is 7.59. The van der Waals surface area contributed by atoms with E-state index in [1.807, 2.05) is 30.9 Å². The van der Waals surface area contributed by atoms with Crippen LogP contribution in [0.25, 0.3) is 0 Å². The molecule has 0 spiro atoms. The molecule has 0 aromatic heterocycles. The van der Waals surface area contributed by atoms with Crippen molar-refractivity contribution >= 4 is 6.03 Å². The lowest BCUT2D eigenvalue weighted by Crippen LogP contribution is -2.33. The van der Waals surface area contributed by atoms with Gasteiger partial charge in [0.2, 0.25) is 0 Å². The molecule has 3 nitrogen and oxygen atoms in total. The molecule has 0 radical (unpaired) electrons. The molecule has 1 unspecified atom stereocenters. The topological polar surface area (TPSA) is 32.3 Å². The summed E-state index contributed by atoms with van der Waals surface area (Å²) < 4.78 is 0. The standard InChI is InChI=1S/C13H18N2O/c1-9(2)15-8-12(14-13(15)16)11-7-5-4-6-10(11)3/h4-7,9,12H,8H2,1-3H3,(H,14,16). The Morgan fingerprint density at radius 2 is 2.06 bits per heavy atom. The highest BCUT2D eigenvalue weighted by Crippen LogP contribution is 2.24. The predicted octanol–water partition coefficient (Wildman–Crippen LogP) is 2.47. The van der Waals surface area contributed by atoms with Crippen molar-refractivity contribution < 1.29 is 4.79 Å². The average Bonchev–Trinajstić information content (AvgIpc) is 2.61. The third-order valence-corrected chi connectivity index (χ3v) is 3.13. The van der Waals surface area contributed by atoms with Crippen molar-refractivity contribution in [3.63, 3.8) is 0 Å². The molecule has 0 bridgehead atoms. The molecule has 2 amide bonds. The van der Waals surface area contributed by atoms with Crippen LogP contribution in [-0.4, -0.2) is 23.5 Å². The Labute approximate surface area is 96.5 Å². The first kappa shape index (κ1) is 11.0. The van der Waals surface area contributed by atoms with Crippen molar-refractivity contribution in [2.45, 2.75) is 32.9 Å². The van der Waals surface area contributed by atoms with Crippen molar-refractivity contribution in [2.75, 3.05) is 6.54 Å². The molecule has 1 saturated heterocycles. The van der Waals surface area contributed by atoms with Crippen LogP contribution in [0.2, 0.25) is 0 Å². The number of amides is 2. The summed E-state index contributed by atoms with van der Waals surface area (Å²) in [5, 5.41) is 3.03. The fourth-order valence-corrected chi connectivity index (χ4v) is 2.16. The van der Waals surface area contributed by atoms with Gasteiger partial charge in [0.25, 0.3) is 0 Å². The van der Waals surface area contributed by atoms with Gasteiger partial charge in [-0.1, -0.05) is 24.3 Å². The van der Waals surface area contributed by atoms with Crippen LogP contribution < -0.4 is 5.32 Å². The van der Waals surface area contributed by atoms with Crippen LogP contribution in [0.1, 0.15) is 31.0 Å². The van der Waals surface area contributed by atoms with Crippen LogP contribution in [0, 0.1) is 6.92 Å². The van der Waals surface area contributed by atoms with Crippen LogP contribution in [0.3, 0.4) is 0 Å². The number of benzene rings is 1. The lowest BCUT2D eigenvalue weighted by Gasteiger charge is -2.19. The number of nitrogens with zero attached hydrogens (tertiary/aromatic N) is 1. The molecule has 0 saturated carbocycles. The average molecular weight is 218 g/mol. The van der Waals surface area contributed by atoms with Gasteiger partial charge >= 0.3 is 6.03 Å². The smallest absolute Gasteiger partial charge is 0.318 e. The number of hydrogen-bond donors (Lipinski definition) is 1. The number of nitrogens with one attached hydrogen (secondary N) is 1. The highest BCUT2D eigenvalue weighted by molar-refractivity contribution is 5.77. The van der Waals surface area contributed by atoms with Gasteiger partial charge in [-0.15, -0.1) is 0 Å². The Bertz CT molecular complexity index is 401. The van der Waals surface area contributed by atoms with Crippen LogP contribution in [-0.2, 0) is 0 Å². The molecule has 1 heterocycles. The minimum absolute atomic E-state index is 0.0447. The van der Waals surface area contributed by atoms with Crippen molar-refractivity contribution in [1.29, 1.82) is 0 Å². The van der Waals surface area contributed by atoms with Crippen molar-refractivity contribution in [2.24, 2.45) is 0 Å². The van der Waals surface area contributed by atoms with Crippen molar-refractivity contribution in [1.82, 2.24) is 10.2 Å². The van der Waals surface area contributed by atoms with E-state index < -0.39 is 0 Å². The fourth-order valence-electron chi connectivity index (χ4n) is 2.16. The van der Waals surface area contributed by atoms with E-state index in [1.165, 1.54) is 11.1 Å². The maximum Gasteiger partial charge on any atom is 0.318 e. The molecule has 86 valence electrons. The zero-order valence-corrected chi connectivity index (χ0v) is 10.0. The van der Waals surface area contributed by atoms with E-state index in [0.717, 1.165) is 6.54 Å². The second-order valence-corrected chi connectivity index (χ2v) is 4.60. The first-order valence-electron chi connectivity index (χ1n) is 5.72. The predicted molar refractivity (Wildman–Crippen MR) is 64.3 cm³/mol. The molecule has 1 atom stereocenters. The summed E-state index contributed by atoms with van der Waals surface area (Å²) in [6, 6.07) is 8.65. The molecule has 16 heavy (non-hydrogen) atoms. The maximum absolute atomic E-state index is 11.7. The summed E-state index contributed by atoms with van der Waals surface area (Å²) in [6.07, 6.45) is 0. The van der Waals surface area contributed by atoms with Crippen molar-refractivity contribution in [3.8, 4) is 0 Å². The van der Waals surface area contributed by atoms with E-state index in [0.29, 0.717) is 0 Å². The zero-order chi connectivity index (χ0) is 11.7. The maximum atomic E-state index is 11.7. The molecule has 3 heteroatoms. The van der Waals surface area contributed by atoms with E-state index in [1.54, 1.807) is 0 Å². The van der Waals surface area contributed by atoms with Crippen LogP contribution in [0.5, 0.6) is 0 Å². The molecule has 2 rings (SSSR count). The number of rotatable bonds is 2. The Kier molecular flexibility index (Phi) is 2.86. The molecule has 1 fully saturated rings. The van der Waals surface area contributed by atoms with Gasteiger partial charge < -0.3 is 10.2 Å². The third kappa shape index (κ3) is 1.90. The van der Waals surface area contributed by atoms with E-state index in [-0.39, 0.29) is 18.1 Å². The van der Waals surface area contributed by atoms with Gasteiger partial charge in [0.05, 0.1) is 6.04 Å². The lowest BCUT2D eigenvalue weighted by atomic mass is 10.0. The molecule has 1 N–H and O–H groups in total. The lowest BCUT2D eigenvalue weighted by molar-refractivity contribution is 0.206. The summed E-state index contributed by atoms with van der Waals surface area (Å²) in [5.74, 6) is 0. The molecule has 1 aromatic carbocycles. The molecular weight excluding hydrogens is 200 g/mol. The van der Waals surface area contributed by atoms with E-state index in [2.05, 4.69) is 24.4 Å². The molecule has 0 aliphatic carbocycles. The van der Waals surface area contributed by atoms with Crippen LogP contribution in [0.4, 0.5) is 4.79 Å². The number of urea groups is 1. The van der Waals surface area contributed by atoms with Gasteiger partial charge in [-0.25, -0.2) is 4.79 Å². The Morgan fingerprint density at radius 1 is 1.38 bits per heavy atom. The van der Waals surface area contributed by atoms with Gasteiger partial charge in [-0.05, 0) is 31.9 Å². The third-order valence-electron chi connectivity index (χ3n) is 3.13. The second-order valence-electron chi connectivity index (χ2n) is 4.60. The summed E-state index contributed by atoms with van der Waals surface area (Å²) in [5.41, 5.74) is 2.46. The number of aryl methyl sites for hydroxylation is 1. The van der Waals surface area contributed by atoms with Gasteiger partial charge in [-0.2, -0.15) is 0 Å². The van der Waals surface area contributed by atoms with Gasteiger partial charge in [-0.3, -0.25) is 0 Å². The van der Waals surface area contributed by atoms with Gasteiger partial charge in [0, 0.05) is 12.6 Å². The Balaban J connectivity index is 2.20. The van der Waals surface area contributed by atoms with Crippen LogP contribution in [0.15, 0.2) is 24.3 Å². The van der Waals surface area contributed by atoms with E-state index in [9.17, 15) is 4.79 Å². The number of hydrogen-bond acceptors (Lipinski definition) is 1. The fraction of sp³-hybridized carbons (Fsp3) is 0.462. The van der Waals surface area contributed by atoms with Crippen molar-refractivity contribution in [3.05, 3.63) is 35.4 Å². The summed E-state index contributed by atoms with van der Waals surface area (Å²) in [4.78, 5) is 13.6. The quantitative estimate of drug-likeness (QED) is 0.812. The van der Waals surface area contributed by atoms with E-state index >= 15 is 0 Å². The minimum Gasteiger partial charge on any atom is -0.329 e. The molecule has 1 aliphatic heterocycles. The second kappa shape index (κ2) is 4.16. The van der Waals surface area contributed by atoms with E-state index in [4.69, 9.17) is 0 Å².